The third-order valence-corrected chi connectivity index (χ3v) is 3.80. The molecule has 3 rings (SSSR count). The maximum Gasteiger partial charge on any atom is 0.254 e. The zero-order chi connectivity index (χ0) is 11.8. The number of fused-ring (bicyclic) bond motifs is 1. The summed E-state index contributed by atoms with van der Waals surface area (Å²) in [7, 11) is 1.86. The largest absolute Gasteiger partial charge is 0.337 e. The highest BCUT2D eigenvalue weighted by Gasteiger charge is 2.24. The van der Waals surface area contributed by atoms with Crippen molar-refractivity contribution in [3.63, 3.8) is 0 Å². The fourth-order valence-corrected chi connectivity index (χ4v) is 2.84. The van der Waals surface area contributed by atoms with Crippen molar-refractivity contribution >= 4 is 5.91 Å². The monoisotopic (exact) mass is 230 g/mol. The third kappa shape index (κ3) is 1.95. The van der Waals surface area contributed by atoms with E-state index in [0.29, 0.717) is 6.04 Å². The van der Waals surface area contributed by atoms with E-state index in [1.54, 1.807) is 4.90 Å². The van der Waals surface area contributed by atoms with Crippen LogP contribution in [0, 0.1) is 0 Å². The van der Waals surface area contributed by atoms with Crippen LogP contribution in [0.1, 0.15) is 34.3 Å². The predicted molar refractivity (Wildman–Crippen MR) is 67.0 cm³/mol. The van der Waals surface area contributed by atoms with Crippen molar-refractivity contribution in [3.05, 3.63) is 34.9 Å². The summed E-state index contributed by atoms with van der Waals surface area (Å²) in [5.41, 5.74) is 3.36. The van der Waals surface area contributed by atoms with Crippen molar-refractivity contribution in [2.45, 2.75) is 31.8 Å². The van der Waals surface area contributed by atoms with Crippen molar-refractivity contribution in [1.29, 1.82) is 0 Å². The molecule has 2 aliphatic rings. The smallest absolute Gasteiger partial charge is 0.254 e. The van der Waals surface area contributed by atoms with E-state index in [4.69, 9.17) is 0 Å². The van der Waals surface area contributed by atoms with Gasteiger partial charge in [0.1, 0.15) is 0 Å². The van der Waals surface area contributed by atoms with E-state index in [9.17, 15) is 4.79 Å². The van der Waals surface area contributed by atoms with Gasteiger partial charge >= 0.3 is 0 Å². The van der Waals surface area contributed by atoms with Crippen LogP contribution in [0.15, 0.2) is 18.2 Å². The van der Waals surface area contributed by atoms with Crippen molar-refractivity contribution < 1.29 is 4.79 Å². The summed E-state index contributed by atoms with van der Waals surface area (Å²) in [6.07, 6.45) is 3.58. The van der Waals surface area contributed by atoms with Crippen LogP contribution in [0.3, 0.4) is 0 Å². The molecule has 1 amide bonds. The topological polar surface area (TPSA) is 32.3 Å². The molecule has 1 aromatic carbocycles. The molecule has 1 fully saturated rings. The average molecular weight is 230 g/mol. The second kappa shape index (κ2) is 4.15. The van der Waals surface area contributed by atoms with E-state index in [2.05, 4.69) is 23.5 Å². The summed E-state index contributed by atoms with van der Waals surface area (Å²) >= 11 is 0. The Morgan fingerprint density at radius 1 is 1.47 bits per heavy atom. The molecule has 0 bridgehead atoms. The first-order chi connectivity index (χ1) is 8.24. The quantitative estimate of drug-likeness (QED) is 0.836. The minimum atomic E-state index is 0.168. The number of carbonyl (C=O) groups is 1. The molecule has 2 heterocycles. The van der Waals surface area contributed by atoms with Crippen LogP contribution < -0.4 is 5.32 Å². The molecule has 0 aromatic heterocycles. The molecule has 1 N–H and O–H groups in total. The molecule has 0 saturated carbocycles. The average Bonchev–Trinajstić information content (AvgIpc) is 2.91. The maximum atomic E-state index is 11.9. The van der Waals surface area contributed by atoms with Gasteiger partial charge in [0.05, 0.1) is 0 Å². The lowest BCUT2D eigenvalue weighted by Gasteiger charge is -2.10. The summed E-state index contributed by atoms with van der Waals surface area (Å²) in [6.45, 7) is 1.90. The van der Waals surface area contributed by atoms with Crippen LogP contribution >= 0.6 is 0 Å². The first-order valence-corrected chi connectivity index (χ1v) is 6.35. The van der Waals surface area contributed by atoms with Gasteiger partial charge in [-0.1, -0.05) is 12.1 Å². The summed E-state index contributed by atoms with van der Waals surface area (Å²) in [6, 6.07) is 6.97. The Kier molecular flexibility index (Phi) is 2.63. The molecule has 1 unspecified atom stereocenters. The number of hydrogen-bond acceptors (Lipinski definition) is 2. The first kappa shape index (κ1) is 10.8. The molecule has 0 aliphatic carbocycles. The summed E-state index contributed by atoms with van der Waals surface area (Å²) in [5.74, 6) is 0.168. The van der Waals surface area contributed by atoms with Gasteiger partial charge in [-0.25, -0.2) is 0 Å². The molecule has 1 atom stereocenters. The molecule has 3 heteroatoms. The molecule has 17 heavy (non-hydrogen) atoms. The Labute approximate surface area is 102 Å². The number of hydrogen-bond donors (Lipinski definition) is 1. The fourth-order valence-electron chi connectivity index (χ4n) is 2.84. The number of rotatable bonds is 2. The van der Waals surface area contributed by atoms with Gasteiger partial charge in [-0.05, 0) is 43.0 Å². The standard InChI is InChI=1S/C14H18N2O/c1-16-9-11-5-4-10(8-13(11)14(16)17)7-12-3-2-6-15-12/h4-5,8,12,15H,2-3,6-7,9H2,1H3. The first-order valence-electron chi connectivity index (χ1n) is 6.35. The summed E-state index contributed by atoms with van der Waals surface area (Å²) < 4.78 is 0. The van der Waals surface area contributed by atoms with Gasteiger partial charge in [0.2, 0.25) is 0 Å². The molecule has 3 nitrogen and oxygen atoms in total. The van der Waals surface area contributed by atoms with E-state index in [0.717, 1.165) is 25.1 Å². The van der Waals surface area contributed by atoms with Crippen LogP contribution in [-0.4, -0.2) is 30.4 Å². The van der Waals surface area contributed by atoms with Crippen LogP contribution in [0.5, 0.6) is 0 Å². The third-order valence-electron chi connectivity index (χ3n) is 3.80. The highest BCUT2D eigenvalue weighted by Crippen LogP contribution is 2.23. The normalized spacial score (nSPS) is 23.2. The highest BCUT2D eigenvalue weighted by molar-refractivity contribution is 5.98. The van der Waals surface area contributed by atoms with Crippen molar-refractivity contribution in [1.82, 2.24) is 10.2 Å². The predicted octanol–water partition coefficient (Wildman–Crippen LogP) is 1.57. The van der Waals surface area contributed by atoms with Crippen LogP contribution in [0.2, 0.25) is 0 Å². The van der Waals surface area contributed by atoms with Gasteiger partial charge in [0, 0.05) is 25.2 Å². The van der Waals surface area contributed by atoms with Gasteiger partial charge in [0.15, 0.2) is 0 Å². The zero-order valence-electron chi connectivity index (χ0n) is 10.2. The van der Waals surface area contributed by atoms with Gasteiger partial charge in [-0.3, -0.25) is 4.79 Å². The summed E-state index contributed by atoms with van der Waals surface area (Å²) in [4.78, 5) is 13.7. The second-order valence-corrected chi connectivity index (χ2v) is 5.15. The molecule has 0 spiro atoms. The van der Waals surface area contributed by atoms with Crippen LogP contribution in [-0.2, 0) is 13.0 Å². The lowest BCUT2D eigenvalue weighted by atomic mass is 10.00. The van der Waals surface area contributed by atoms with E-state index in [1.165, 1.54) is 24.0 Å². The maximum absolute atomic E-state index is 11.9. The molecule has 90 valence electrons. The van der Waals surface area contributed by atoms with Gasteiger partial charge < -0.3 is 10.2 Å². The molecule has 1 aromatic rings. The Morgan fingerprint density at radius 3 is 3.12 bits per heavy atom. The Balaban J connectivity index is 1.81. The highest BCUT2D eigenvalue weighted by atomic mass is 16.2. The van der Waals surface area contributed by atoms with Crippen LogP contribution in [0.25, 0.3) is 0 Å². The van der Waals surface area contributed by atoms with Gasteiger partial charge in [-0.2, -0.15) is 0 Å². The fraction of sp³-hybridized carbons (Fsp3) is 0.500. The van der Waals surface area contributed by atoms with Crippen molar-refractivity contribution in [3.8, 4) is 0 Å². The van der Waals surface area contributed by atoms with Crippen molar-refractivity contribution in [2.24, 2.45) is 0 Å². The number of nitrogens with one attached hydrogen (secondary N) is 1. The van der Waals surface area contributed by atoms with E-state index < -0.39 is 0 Å². The Bertz CT molecular complexity index is 450. The minimum Gasteiger partial charge on any atom is -0.337 e. The van der Waals surface area contributed by atoms with Gasteiger partial charge in [0.25, 0.3) is 5.91 Å². The Hall–Kier alpha value is -1.35. The minimum absolute atomic E-state index is 0.168. The van der Waals surface area contributed by atoms with E-state index in [1.807, 2.05) is 7.05 Å². The molecule has 2 aliphatic heterocycles. The number of benzene rings is 1. The SMILES string of the molecule is CN1Cc2ccc(CC3CCCN3)cc2C1=O. The van der Waals surface area contributed by atoms with E-state index >= 15 is 0 Å². The molecule has 0 radical (unpaired) electrons. The second-order valence-electron chi connectivity index (χ2n) is 5.15. The van der Waals surface area contributed by atoms with Crippen molar-refractivity contribution in [2.75, 3.05) is 13.6 Å². The molecular formula is C14H18N2O. The lowest BCUT2D eigenvalue weighted by molar-refractivity contribution is 0.0816. The zero-order valence-corrected chi connectivity index (χ0v) is 10.2. The van der Waals surface area contributed by atoms with E-state index in [-0.39, 0.29) is 5.91 Å². The summed E-state index contributed by atoms with van der Waals surface area (Å²) in [5, 5.41) is 3.50. The Morgan fingerprint density at radius 2 is 2.35 bits per heavy atom. The molecular weight excluding hydrogens is 212 g/mol. The number of nitrogens with zero attached hydrogens (tertiary/aromatic N) is 1. The van der Waals surface area contributed by atoms with Gasteiger partial charge in [-0.15, -0.1) is 0 Å². The number of amides is 1. The molecule has 1 saturated heterocycles. The number of carbonyl (C=O) groups excluding carboxylic acids is 1. The lowest BCUT2D eigenvalue weighted by Crippen LogP contribution is -2.23. The van der Waals surface area contributed by atoms with Crippen LogP contribution in [0.4, 0.5) is 0 Å².